The highest BCUT2D eigenvalue weighted by Gasteiger charge is 2.39. The van der Waals surface area contributed by atoms with Crippen LogP contribution in [0.2, 0.25) is 0 Å². The van der Waals surface area contributed by atoms with Gasteiger partial charge in [0, 0.05) is 6.92 Å². The Morgan fingerprint density at radius 3 is 2.76 bits per heavy atom. The second kappa shape index (κ2) is 4.10. The van der Waals surface area contributed by atoms with Crippen LogP contribution >= 0.6 is 0 Å². The average Bonchev–Trinajstić information content (AvgIpc) is 2.43. The average molecular weight is 251 g/mol. The lowest BCUT2D eigenvalue weighted by Crippen LogP contribution is -2.35. The van der Waals surface area contributed by atoms with Gasteiger partial charge in [-0.3, -0.25) is 4.68 Å². The van der Waals surface area contributed by atoms with Crippen molar-refractivity contribution in [2.75, 3.05) is 18.9 Å². The molecule has 1 aromatic rings. The van der Waals surface area contributed by atoms with Crippen LogP contribution in [-0.4, -0.2) is 35.3 Å². The Balaban J connectivity index is 2.13. The van der Waals surface area contributed by atoms with Crippen LogP contribution in [0.4, 0.5) is 18.9 Å². The lowest BCUT2D eigenvalue weighted by atomic mass is 10.3. The fourth-order valence-corrected chi connectivity index (χ4v) is 1.27. The summed E-state index contributed by atoms with van der Waals surface area (Å²) in [5.74, 6) is -3.44. The van der Waals surface area contributed by atoms with E-state index in [1.807, 2.05) is 0 Å². The second-order valence-electron chi connectivity index (χ2n) is 3.95. The molecule has 1 aliphatic rings. The van der Waals surface area contributed by atoms with Crippen molar-refractivity contribution >= 4 is 5.69 Å². The minimum absolute atomic E-state index is 0.00735. The van der Waals surface area contributed by atoms with E-state index in [0.717, 1.165) is 0 Å². The maximum absolute atomic E-state index is 13.3. The van der Waals surface area contributed by atoms with Crippen LogP contribution in [0.5, 0.6) is 5.88 Å². The molecule has 2 N–H and O–H groups in total. The molecule has 8 heteroatoms. The van der Waals surface area contributed by atoms with E-state index in [4.69, 9.17) is 10.5 Å². The minimum atomic E-state index is -3.28. The van der Waals surface area contributed by atoms with Gasteiger partial charge in [0.25, 0.3) is 5.88 Å². The van der Waals surface area contributed by atoms with Crippen LogP contribution in [0.15, 0.2) is 6.20 Å². The molecule has 1 aromatic heterocycles. The molecule has 1 atom stereocenters. The van der Waals surface area contributed by atoms with Crippen molar-refractivity contribution in [2.24, 2.45) is 0 Å². The fourth-order valence-electron chi connectivity index (χ4n) is 1.27. The van der Waals surface area contributed by atoms with Crippen LogP contribution in [0.25, 0.3) is 0 Å². The third-order valence-corrected chi connectivity index (χ3v) is 2.41. The number of anilines is 1. The zero-order chi connectivity index (χ0) is 12.6. The van der Waals surface area contributed by atoms with E-state index in [-0.39, 0.29) is 17.6 Å². The monoisotopic (exact) mass is 251 g/mol. The van der Waals surface area contributed by atoms with Crippen molar-refractivity contribution in [1.82, 2.24) is 9.78 Å². The van der Waals surface area contributed by atoms with E-state index in [2.05, 4.69) is 9.84 Å². The molecule has 2 heterocycles. The Morgan fingerprint density at radius 1 is 1.65 bits per heavy atom. The van der Waals surface area contributed by atoms with E-state index in [1.165, 1.54) is 10.9 Å². The molecule has 0 aliphatic carbocycles. The predicted molar refractivity (Wildman–Crippen MR) is 52.6 cm³/mol. The summed E-state index contributed by atoms with van der Waals surface area (Å²) in [4.78, 5) is 0. The number of hydrogen-bond donors (Lipinski definition) is 1. The lowest BCUT2D eigenvalue weighted by Gasteiger charge is -2.26. The Labute approximate surface area is 95.3 Å². The molecule has 0 spiro atoms. The lowest BCUT2D eigenvalue weighted by molar-refractivity contribution is -0.154. The molecular weight excluding hydrogens is 239 g/mol. The zero-order valence-corrected chi connectivity index (χ0v) is 9.07. The van der Waals surface area contributed by atoms with E-state index >= 15 is 0 Å². The van der Waals surface area contributed by atoms with Crippen molar-refractivity contribution in [2.45, 2.75) is 25.2 Å². The van der Waals surface area contributed by atoms with Gasteiger partial charge in [-0.2, -0.15) is 4.39 Å². The van der Waals surface area contributed by atoms with Crippen LogP contribution < -0.4 is 10.5 Å². The van der Waals surface area contributed by atoms with Crippen molar-refractivity contribution in [3.05, 3.63) is 6.20 Å². The number of halogens is 3. The van der Waals surface area contributed by atoms with Crippen LogP contribution in [-0.2, 0) is 4.74 Å². The normalized spacial score (nSPS) is 20.1. The maximum Gasteiger partial charge on any atom is 0.307 e. The number of nitrogen functional groups attached to an aromatic ring is 1. The summed E-state index contributed by atoms with van der Waals surface area (Å²) < 4.78 is 48.7. The Kier molecular flexibility index (Phi) is 2.90. The fraction of sp³-hybridized carbons (Fsp3) is 0.667. The minimum Gasteiger partial charge on any atom is -0.432 e. The van der Waals surface area contributed by atoms with E-state index in [1.54, 1.807) is 0 Å². The molecule has 0 amide bonds. The van der Waals surface area contributed by atoms with Gasteiger partial charge >= 0.3 is 12.3 Å². The highest BCUT2D eigenvalue weighted by Crippen LogP contribution is 2.30. The largest absolute Gasteiger partial charge is 0.432 e. The van der Waals surface area contributed by atoms with Crippen LogP contribution in [0.1, 0.15) is 13.0 Å². The van der Waals surface area contributed by atoms with Gasteiger partial charge in [-0.1, -0.05) is 0 Å². The number of alkyl halides is 3. The Hall–Kier alpha value is -1.44. The molecule has 0 aromatic carbocycles. The van der Waals surface area contributed by atoms with E-state index in [9.17, 15) is 13.2 Å². The quantitative estimate of drug-likeness (QED) is 0.877. The van der Waals surface area contributed by atoms with Crippen molar-refractivity contribution in [1.29, 1.82) is 0 Å². The number of nitrogens with zero attached hydrogens (tertiary/aromatic N) is 2. The summed E-state index contributed by atoms with van der Waals surface area (Å²) in [6.45, 7) is 1.55. The molecule has 17 heavy (non-hydrogen) atoms. The molecule has 1 fully saturated rings. The first-order valence-electron chi connectivity index (χ1n) is 4.98. The topological polar surface area (TPSA) is 62.3 Å². The van der Waals surface area contributed by atoms with Gasteiger partial charge in [0.2, 0.25) is 0 Å². The molecule has 1 unspecified atom stereocenters. The second-order valence-corrected chi connectivity index (χ2v) is 3.95. The number of ether oxygens (including phenoxy) is 2. The van der Waals surface area contributed by atoms with Crippen molar-refractivity contribution < 1.29 is 22.6 Å². The van der Waals surface area contributed by atoms with Gasteiger partial charge < -0.3 is 15.2 Å². The third kappa shape index (κ3) is 2.31. The van der Waals surface area contributed by atoms with Crippen molar-refractivity contribution in [3.8, 4) is 5.88 Å². The first kappa shape index (κ1) is 12.0. The molecule has 2 rings (SSSR count). The van der Waals surface area contributed by atoms with Gasteiger partial charge in [-0.05, 0) is 0 Å². The van der Waals surface area contributed by atoms with E-state index in [0.29, 0.717) is 20.1 Å². The highest BCUT2D eigenvalue weighted by molar-refractivity contribution is 5.46. The van der Waals surface area contributed by atoms with Gasteiger partial charge in [0.1, 0.15) is 5.69 Å². The number of rotatable bonds is 4. The summed E-state index contributed by atoms with van der Waals surface area (Å²) in [7, 11) is 0. The van der Waals surface area contributed by atoms with Gasteiger partial charge in [0.15, 0.2) is 0 Å². The molecule has 1 aliphatic heterocycles. The van der Waals surface area contributed by atoms with Crippen LogP contribution in [0, 0.1) is 0 Å². The molecule has 1 saturated heterocycles. The summed E-state index contributed by atoms with van der Waals surface area (Å²) in [5, 5.41) is 3.82. The zero-order valence-electron chi connectivity index (χ0n) is 9.07. The SMILES string of the molecule is CC(F)(Oc1nn(C2COC2)cc1N)C(F)F. The maximum atomic E-state index is 13.3. The Bertz CT molecular complexity index is 404. The first-order chi connectivity index (χ1) is 7.90. The third-order valence-electron chi connectivity index (χ3n) is 2.41. The number of nitrogens with two attached hydrogens (primary N) is 1. The first-order valence-corrected chi connectivity index (χ1v) is 4.98. The molecule has 96 valence electrons. The van der Waals surface area contributed by atoms with Crippen LogP contribution in [0.3, 0.4) is 0 Å². The summed E-state index contributed by atoms with van der Waals surface area (Å²) >= 11 is 0. The molecular formula is C9H12F3N3O2. The molecule has 0 bridgehead atoms. The summed E-state index contributed by atoms with van der Waals surface area (Å²) in [6.07, 6.45) is -1.87. The number of hydrogen-bond acceptors (Lipinski definition) is 4. The van der Waals surface area contributed by atoms with Gasteiger partial charge in [0.05, 0.1) is 25.5 Å². The molecule has 5 nitrogen and oxygen atoms in total. The Morgan fingerprint density at radius 2 is 2.29 bits per heavy atom. The standard InChI is InChI=1S/C9H12F3N3O2/c1-9(12,8(10)11)17-7-6(13)2-15(14-7)5-3-16-4-5/h2,5,8H,3-4,13H2,1H3. The van der Waals surface area contributed by atoms with Crippen molar-refractivity contribution in [3.63, 3.8) is 0 Å². The number of aromatic nitrogens is 2. The van der Waals surface area contributed by atoms with E-state index < -0.39 is 12.3 Å². The van der Waals surface area contributed by atoms with Gasteiger partial charge in [-0.25, -0.2) is 8.78 Å². The summed E-state index contributed by atoms with van der Waals surface area (Å²) in [5.41, 5.74) is 5.52. The van der Waals surface area contributed by atoms with Gasteiger partial charge in [-0.15, -0.1) is 5.10 Å². The smallest absolute Gasteiger partial charge is 0.307 e. The summed E-state index contributed by atoms with van der Waals surface area (Å²) in [6, 6.07) is -0.00735. The predicted octanol–water partition coefficient (Wildman–Crippen LogP) is 1.37. The highest BCUT2D eigenvalue weighted by atomic mass is 19.3. The molecule has 0 saturated carbocycles. The molecule has 0 radical (unpaired) electrons.